The Morgan fingerprint density at radius 1 is 1.32 bits per heavy atom. The summed E-state index contributed by atoms with van der Waals surface area (Å²) < 4.78 is 16.8. The van der Waals surface area contributed by atoms with Crippen LogP contribution >= 0.6 is 24.0 Å². The number of amides is 1. The summed E-state index contributed by atoms with van der Waals surface area (Å²) in [6.07, 6.45) is 0.00734. The van der Waals surface area contributed by atoms with Gasteiger partial charge in [-0.25, -0.2) is 4.79 Å². The lowest BCUT2D eigenvalue weighted by molar-refractivity contribution is -0.0755. The molecule has 2 rings (SSSR count). The Bertz CT molecular complexity index is 746. The molecule has 0 saturated carbocycles. The highest BCUT2D eigenvalue weighted by Crippen LogP contribution is 2.33. The largest absolute Gasteiger partial charge is 0.444 e. The summed E-state index contributed by atoms with van der Waals surface area (Å²) in [5.41, 5.74) is -1.36. The molecule has 2 atom stereocenters. The monoisotopic (exact) mass is 552 g/mol. The molecule has 1 aliphatic rings. The summed E-state index contributed by atoms with van der Waals surface area (Å²) in [6, 6.07) is -0.246. The zero-order valence-corrected chi connectivity index (χ0v) is 22.1. The molecule has 0 spiro atoms. The van der Waals surface area contributed by atoms with Crippen molar-refractivity contribution in [3.8, 4) is 0 Å². The Balaban J connectivity index is 0.00000480. The van der Waals surface area contributed by atoms with Crippen LogP contribution in [-0.4, -0.2) is 70.2 Å². The molecule has 1 aliphatic heterocycles. The molecule has 1 amide bonds. The molecule has 0 bridgehead atoms. The minimum Gasteiger partial charge on any atom is -0.444 e. The first-order chi connectivity index (χ1) is 13.9. The number of hydrogen-bond donors (Lipinski definition) is 2. The zero-order valence-electron chi connectivity index (χ0n) is 19.8. The molecular weight excluding hydrogens is 515 g/mol. The van der Waals surface area contributed by atoms with E-state index < -0.39 is 17.4 Å². The SMILES string of the molecule is CCNC(=NCC1C(C)OC(C)(C)N1C(=O)OC(C)(C)C)NCCc1nc(C)no1.I. The van der Waals surface area contributed by atoms with Gasteiger partial charge >= 0.3 is 6.09 Å². The molecule has 11 heteroatoms. The third-order valence-corrected chi connectivity index (χ3v) is 4.50. The van der Waals surface area contributed by atoms with Gasteiger partial charge in [-0.1, -0.05) is 5.16 Å². The van der Waals surface area contributed by atoms with Crippen molar-refractivity contribution < 1.29 is 18.8 Å². The van der Waals surface area contributed by atoms with Crippen molar-refractivity contribution in [3.63, 3.8) is 0 Å². The number of aromatic nitrogens is 2. The predicted octanol–water partition coefficient (Wildman–Crippen LogP) is 2.85. The van der Waals surface area contributed by atoms with E-state index in [9.17, 15) is 4.79 Å². The number of aryl methyl sites for hydroxylation is 1. The highest BCUT2D eigenvalue weighted by Gasteiger charge is 2.49. The number of carbonyl (C=O) groups excluding carboxylic acids is 1. The van der Waals surface area contributed by atoms with Crippen LogP contribution in [0, 0.1) is 6.92 Å². The van der Waals surface area contributed by atoms with Crippen molar-refractivity contribution in [2.45, 2.75) is 85.3 Å². The van der Waals surface area contributed by atoms with Crippen molar-refractivity contribution in [2.75, 3.05) is 19.6 Å². The van der Waals surface area contributed by atoms with Gasteiger partial charge in [-0.05, 0) is 55.4 Å². The van der Waals surface area contributed by atoms with Gasteiger partial charge in [0.1, 0.15) is 11.3 Å². The summed E-state index contributed by atoms with van der Waals surface area (Å²) in [6.45, 7) is 16.7. The van der Waals surface area contributed by atoms with Crippen molar-refractivity contribution in [3.05, 3.63) is 11.7 Å². The molecule has 1 aromatic heterocycles. The van der Waals surface area contributed by atoms with Gasteiger partial charge in [0.05, 0.1) is 18.7 Å². The topological polar surface area (TPSA) is 114 Å². The second-order valence-corrected chi connectivity index (χ2v) is 8.82. The fourth-order valence-electron chi connectivity index (χ4n) is 3.35. The second-order valence-electron chi connectivity index (χ2n) is 8.82. The van der Waals surface area contributed by atoms with E-state index in [4.69, 9.17) is 14.0 Å². The standard InChI is InChI=1S/C20H36N6O4.HI/c1-9-21-17(22-11-10-16-24-14(3)25-30-16)23-12-15-13(2)28-20(7,8)26(15)18(27)29-19(4,5)6;/h13,15H,9-12H2,1-8H3,(H2,21,22,23);1H. The van der Waals surface area contributed by atoms with Gasteiger partial charge in [-0.2, -0.15) is 4.98 Å². The van der Waals surface area contributed by atoms with Gasteiger partial charge in [0.2, 0.25) is 5.89 Å². The molecule has 0 aliphatic carbocycles. The van der Waals surface area contributed by atoms with E-state index in [0.717, 1.165) is 0 Å². The first-order valence-corrected chi connectivity index (χ1v) is 10.4. The van der Waals surface area contributed by atoms with E-state index in [1.165, 1.54) is 0 Å². The highest BCUT2D eigenvalue weighted by atomic mass is 127. The van der Waals surface area contributed by atoms with Crippen LogP contribution in [-0.2, 0) is 15.9 Å². The van der Waals surface area contributed by atoms with Gasteiger partial charge in [0.25, 0.3) is 0 Å². The number of halogens is 1. The Kier molecular flexibility index (Phi) is 9.99. The minimum atomic E-state index is -0.774. The predicted molar refractivity (Wildman–Crippen MR) is 129 cm³/mol. The highest BCUT2D eigenvalue weighted by molar-refractivity contribution is 14.0. The maximum Gasteiger partial charge on any atom is 0.412 e. The molecule has 0 radical (unpaired) electrons. The number of carbonyl (C=O) groups is 1. The van der Waals surface area contributed by atoms with Crippen LogP contribution in [0.5, 0.6) is 0 Å². The zero-order chi connectivity index (χ0) is 22.5. The molecule has 1 fully saturated rings. The first kappa shape index (κ1) is 27.4. The van der Waals surface area contributed by atoms with E-state index in [2.05, 4.69) is 25.8 Å². The fourth-order valence-corrected chi connectivity index (χ4v) is 3.35. The van der Waals surface area contributed by atoms with Gasteiger partial charge in [-0.3, -0.25) is 9.89 Å². The van der Waals surface area contributed by atoms with Crippen LogP contribution in [0.25, 0.3) is 0 Å². The Hall–Kier alpha value is -1.63. The Morgan fingerprint density at radius 2 is 2.00 bits per heavy atom. The molecule has 2 N–H and O–H groups in total. The lowest BCUT2D eigenvalue weighted by Crippen LogP contribution is -2.51. The van der Waals surface area contributed by atoms with Crippen molar-refractivity contribution in [2.24, 2.45) is 4.99 Å². The summed E-state index contributed by atoms with van der Waals surface area (Å²) in [5, 5.41) is 10.3. The number of hydrogen-bond acceptors (Lipinski definition) is 7. The van der Waals surface area contributed by atoms with Crippen LogP contribution in [0.15, 0.2) is 9.52 Å². The van der Waals surface area contributed by atoms with Crippen LogP contribution in [0.2, 0.25) is 0 Å². The lowest BCUT2D eigenvalue weighted by Gasteiger charge is -2.34. The summed E-state index contributed by atoms with van der Waals surface area (Å²) in [5.74, 6) is 1.84. The summed E-state index contributed by atoms with van der Waals surface area (Å²) >= 11 is 0. The Morgan fingerprint density at radius 3 is 2.55 bits per heavy atom. The minimum absolute atomic E-state index is 0. The van der Waals surface area contributed by atoms with Gasteiger partial charge < -0.3 is 24.6 Å². The number of nitrogens with zero attached hydrogens (tertiary/aromatic N) is 4. The van der Waals surface area contributed by atoms with Crippen LogP contribution in [0.1, 0.15) is 60.2 Å². The van der Waals surface area contributed by atoms with E-state index in [1.807, 2.05) is 48.5 Å². The number of rotatable bonds is 6. The van der Waals surface area contributed by atoms with Crippen LogP contribution in [0.4, 0.5) is 4.79 Å². The van der Waals surface area contributed by atoms with Gasteiger partial charge in [0.15, 0.2) is 11.8 Å². The molecule has 2 unspecified atom stereocenters. The van der Waals surface area contributed by atoms with Crippen LogP contribution in [0.3, 0.4) is 0 Å². The Labute approximate surface area is 201 Å². The maximum atomic E-state index is 12.9. The summed E-state index contributed by atoms with van der Waals surface area (Å²) in [4.78, 5) is 23.4. The fraction of sp³-hybridized carbons (Fsp3) is 0.800. The molecule has 0 aromatic carbocycles. The van der Waals surface area contributed by atoms with Gasteiger partial charge in [0, 0.05) is 19.5 Å². The van der Waals surface area contributed by atoms with Crippen molar-refractivity contribution in [1.82, 2.24) is 25.7 Å². The maximum absolute atomic E-state index is 12.9. The van der Waals surface area contributed by atoms with Crippen molar-refractivity contribution in [1.29, 1.82) is 0 Å². The number of aliphatic imine (C=N–C) groups is 1. The first-order valence-electron chi connectivity index (χ1n) is 10.4. The third kappa shape index (κ3) is 8.09. The molecule has 178 valence electrons. The smallest absolute Gasteiger partial charge is 0.412 e. The molecule has 1 saturated heterocycles. The molecule has 31 heavy (non-hydrogen) atoms. The molecule has 1 aromatic rings. The van der Waals surface area contributed by atoms with E-state index >= 15 is 0 Å². The molecular formula is C20H37IN6O4. The molecule has 10 nitrogen and oxygen atoms in total. The second kappa shape index (κ2) is 11.3. The normalized spacial score (nSPS) is 20.9. The average Bonchev–Trinajstić information content (AvgIpc) is 3.10. The van der Waals surface area contributed by atoms with Crippen molar-refractivity contribution >= 4 is 36.0 Å². The third-order valence-electron chi connectivity index (χ3n) is 4.50. The van der Waals surface area contributed by atoms with E-state index in [1.54, 1.807) is 11.8 Å². The summed E-state index contributed by atoms with van der Waals surface area (Å²) in [7, 11) is 0. The van der Waals surface area contributed by atoms with E-state index in [0.29, 0.717) is 43.7 Å². The number of guanidine groups is 1. The van der Waals surface area contributed by atoms with Gasteiger partial charge in [-0.15, -0.1) is 24.0 Å². The average molecular weight is 552 g/mol. The quantitative estimate of drug-likeness (QED) is 0.315. The van der Waals surface area contributed by atoms with Crippen LogP contribution < -0.4 is 10.6 Å². The number of nitrogens with one attached hydrogen (secondary N) is 2. The number of ether oxygens (including phenoxy) is 2. The van der Waals surface area contributed by atoms with E-state index in [-0.39, 0.29) is 36.1 Å². The lowest BCUT2D eigenvalue weighted by atomic mass is 10.1. The molecule has 2 heterocycles.